The molecule has 0 spiro atoms. The molecule has 1 N–H and O–H groups in total. The number of nitrogens with zero attached hydrogens (tertiary/aromatic N) is 4. The first-order valence-corrected chi connectivity index (χ1v) is 9.39. The monoisotopic (exact) mass is 441 g/mol. The van der Waals surface area contributed by atoms with Gasteiger partial charge >= 0.3 is 11.7 Å². The number of hydrogen-bond donors (Lipinski definition) is 1. The Morgan fingerprint density at radius 3 is 2.46 bits per heavy atom. The van der Waals surface area contributed by atoms with Crippen molar-refractivity contribution in [1.82, 2.24) is 19.7 Å². The Kier molecular flexibility index (Phi) is 4.82. The zero-order chi connectivity index (χ0) is 19.7. The summed E-state index contributed by atoms with van der Waals surface area (Å²) in [4.78, 5) is 38.8. The molecule has 2 aromatic carbocycles. The summed E-state index contributed by atoms with van der Waals surface area (Å²) in [6, 6.07) is 16.1. The average Bonchev–Trinajstić information content (AvgIpc) is 3.18. The number of aromatic nitrogens is 3. The van der Waals surface area contributed by atoms with Crippen LogP contribution in [0.4, 0.5) is 10.5 Å². The second-order valence-corrected chi connectivity index (χ2v) is 7.22. The smallest absolute Gasteiger partial charge is 0.350 e. The van der Waals surface area contributed by atoms with Gasteiger partial charge in [0.05, 0.1) is 6.54 Å². The molecule has 0 radical (unpaired) electrons. The van der Waals surface area contributed by atoms with Crippen molar-refractivity contribution >= 4 is 33.6 Å². The summed E-state index contributed by atoms with van der Waals surface area (Å²) in [7, 11) is 0. The lowest BCUT2D eigenvalue weighted by Gasteiger charge is -2.14. The van der Waals surface area contributed by atoms with E-state index >= 15 is 0 Å². The first-order chi connectivity index (χ1) is 13.5. The molecular weight excluding hydrogens is 426 g/mol. The number of rotatable bonds is 5. The summed E-state index contributed by atoms with van der Waals surface area (Å²) in [6.45, 7) is 0.286. The predicted octanol–water partition coefficient (Wildman–Crippen LogP) is 2.11. The second-order valence-electron chi connectivity index (χ2n) is 6.30. The minimum Gasteiger partial charge on any atom is -0.350 e. The summed E-state index contributed by atoms with van der Waals surface area (Å²) in [5.74, 6) is -0.0336. The third-order valence-corrected chi connectivity index (χ3v) is 4.92. The van der Waals surface area contributed by atoms with Gasteiger partial charge in [-0.1, -0.05) is 46.3 Å². The van der Waals surface area contributed by atoms with Crippen LogP contribution < -0.4 is 15.9 Å². The molecule has 1 aliphatic heterocycles. The van der Waals surface area contributed by atoms with E-state index in [-0.39, 0.29) is 19.0 Å². The van der Waals surface area contributed by atoms with Crippen molar-refractivity contribution in [2.24, 2.45) is 0 Å². The summed E-state index contributed by atoms with van der Waals surface area (Å²) in [6.07, 6.45) is 0. The molecule has 9 heteroatoms. The molecule has 2 heterocycles. The Morgan fingerprint density at radius 2 is 1.79 bits per heavy atom. The third kappa shape index (κ3) is 3.48. The fraction of sp³-hybridized carbons (Fsp3) is 0.158. The lowest BCUT2D eigenvalue weighted by Crippen LogP contribution is -2.37. The van der Waals surface area contributed by atoms with Gasteiger partial charge in [0.1, 0.15) is 6.54 Å². The standard InChI is InChI=1S/C19H16BrN5O3/c20-14-8-6-13(7-9-14)10-21-17(26)12-24-19(28)25-16(22-24)11-23(18(25)27)15-4-2-1-3-5-15/h1-9H,10-12H2,(H,21,26). The molecule has 0 unspecified atom stereocenters. The number of para-hydroxylation sites is 1. The number of halogens is 1. The molecule has 0 aliphatic carbocycles. The predicted molar refractivity (Wildman–Crippen MR) is 106 cm³/mol. The highest BCUT2D eigenvalue weighted by atomic mass is 79.9. The van der Waals surface area contributed by atoms with E-state index < -0.39 is 11.7 Å². The van der Waals surface area contributed by atoms with Gasteiger partial charge in [0, 0.05) is 16.7 Å². The number of nitrogens with one attached hydrogen (secondary N) is 1. The van der Waals surface area contributed by atoms with E-state index in [1.165, 1.54) is 4.90 Å². The van der Waals surface area contributed by atoms with Crippen LogP contribution in [0.15, 0.2) is 63.9 Å². The molecule has 0 bridgehead atoms. The summed E-state index contributed by atoms with van der Waals surface area (Å²) >= 11 is 3.36. The van der Waals surface area contributed by atoms with Gasteiger partial charge in [-0.25, -0.2) is 14.3 Å². The summed E-state index contributed by atoms with van der Waals surface area (Å²) in [5, 5.41) is 6.91. The first kappa shape index (κ1) is 18.2. The van der Waals surface area contributed by atoms with Gasteiger partial charge in [0.15, 0.2) is 5.82 Å². The zero-order valence-electron chi connectivity index (χ0n) is 14.7. The van der Waals surface area contributed by atoms with Crippen molar-refractivity contribution in [2.75, 3.05) is 4.90 Å². The lowest BCUT2D eigenvalue weighted by molar-refractivity contribution is -0.122. The highest BCUT2D eigenvalue weighted by Crippen LogP contribution is 2.21. The van der Waals surface area contributed by atoms with Crippen molar-refractivity contribution in [1.29, 1.82) is 0 Å². The average molecular weight is 442 g/mol. The molecule has 8 nitrogen and oxygen atoms in total. The van der Waals surface area contributed by atoms with Crippen molar-refractivity contribution < 1.29 is 9.59 Å². The number of carbonyl (C=O) groups excluding carboxylic acids is 2. The molecule has 0 fully saturated rings. The Balaban J connectivity index is 1.43. The normalized spacial score (nSPS) is 12.9. The number of hydrogen-bond acceptors (Lipinski definition) is 4. The quantitative estimate of drug-likeness (QED) is 0.656. The highest BCUT2D eigenvalue weighted by molar-refractivity contribution is 9.10. The number of fused-ring (bicyclic) bond motifs is 1. The van der Waals surface area contributed by atoms with Crippen molar-refractivity contribution in [3.05, 3.63) is 80.9 Å². The maximum Gasteiger partial charge on any atom is 0.354 e. The number of benzene rings is 2. The van der Waals surface area contributed by atoms with Crippen molar-refractivity contribution in [3.8, 4) is 0 Å². The second kappa shape index (κ2) is 7.43. The number of carbonyl (C=O) groups is 2. The van der Waals surface area contributed by atoms with E-state index in [4.69, 9.17) is 0 Å². The minimum absolute atomic E-state index is 0.186. The van der Waals surface area contributed by atoms with E-state index in [0.29, 0.717) is 18.1 Å². The molecule has 2 amide bonds. The number of amides is 2. The van der Waals surface area contributed by atoms with E-state index in [0.717, 1.165) is 19.3 Å². The molecule has 0 atom stereocenters. The fourth-order valence-corrected chi connectivity index (χ4v) is 3.25. The van der Waals surface area contributed by atoms with Crippen LogP contribution in [0.5, 0.6) is 0 Å². The van der Waals surface area contributed by atoms with Crippen LogP contribution in [0, 0.1) is 0 Å². The topological polar surface area (TPSA) is 89.2 Å². The maximum absolute atomic E-state index is 12.6. The van der Waals surface area contributed by atoms with Crippen molar-refractivity contribution in [2.45, 2.75) is 19.6 Å². The highest BCUT2D eigenvalue weighted by Gasteiger charge is 2.33. The maximum atomic E-state index is 12.6. The Hall–Kier alpha value is -3.20. The Bertz CT molecular complexity index is 1090. The molecule has 142 valence electrons. The Morgan fingerprint density at radius 1 is 1.07 bits per heavy atom. The van der Waals surface area contributed by atoms with Crippen LogP contribution in [0.25, 0.3) is 0 Å². The van der Waals surface area contributed by atoms with Gasteiger partial charge < -0.3 is 5.32 Å². The van der Waals surface area contributed by atoms with Crippen molar-refractivity contribution in [3.63, 3.8) is 0 Å². The van der Waals surface area contributed by atoms with Gasteiger partial charge in [-0.05, 0) is 29.8 Å². The summed E-state index contributed by atoms with van der Waals surface area (Å²) in [5.41, 5.74) is 1.01. The van der Waals surface area contributed by atoms with E-state index in [1.54, 1.807) is 12.1 Å². The van der Waals surface area contributed by atoms with Crippen LogP contribution in [-0.4, -0.2) is 26.3 Å². The van der Waals surface area contributed by atoms with E-state index in [2.05, 4.69) is 26.3 Å². The van der Waals surface area contributed by atoms with Gasteiger partial charge in [-0.3, -0.25) is 9.69 Å². The fourth-order valence-electron chi connectivity index (χ4n) is 2.98. The molecule has 3 aromatic rings. The van der Waals surface area contributed by atoms with Gasteiger partial charge in [0.25, 0.3) is 0 Å². The van der Waals surface area contributed by atoms with Gasteiger partial charge in [-0.15, -0.1) is 0 Å². The van der Waals surface area contributed by atoms with Gasteiger partial charge in [-0.2, -0.15) is 9.67 Å². The molecule has 1 aliphatic rings. The summed E-state index contributed by atoms with van der Waals surface area (Å²) < 4.78 is 2.98. The lowest BCUT2D eigenvalue weighted by atomic mass is 10.2. The minimum atomic E-state index is -0.614. The largest absolute Gasteiger partial charge is 0.354 e. The van der Waals surface area contributed by atoms with Gasteiger partial charge in [0.2, 0.25) is 5.91 Å². The van der Waals surface area contributed by atoms with Crippen LogP contribution in [0.1, 0.15) is 11.4 Å². The molecule has 0 saturated heterocycles. The van der Waals surface area contributed by atoms with E-state index in [9.17, 15) is 14.4 Å². The third-order valence-electron chi connectivity index (χ3n) is 4.39. The first-order valence-electron chi connectivity index (χ1n) is 8.60. The van der Waals surface area contributed by atoms with Crippen LogP contribution in [0.3, 0.4) is 0 Å². The molecular formula is C19H16BrN5O3. The van der Waals surface area contributed by atoms with E-state index in [1.807, 2.05) is 42.5 Å². The SMILES string of the molecule is O=C(Cn1nc2n(c1=O)C(=O)N(c1ccccc1)C2)NCc1ccc(Br)cc1. The number of anilines is 1. The molecule has 28 heavy (non-hydrogen) atoms. The molecule has 4 rings (SSSR count). The van der Waals surface area contributed by atoms with Crippen LogP contribution in [-0.2, 0) is 24.4 Å². The van der Waals surface area contributed by atoms with Crippen LogP contribution in [0.2, 0.25) is 0 Å². The zero-order valence-corrected chi connectivity index (χ0v) is 16.3. The Labute approximate surface area is 168 Å². The van der Waals surface area contributed by atoms with Crippen LogP contribution >= 0.6 is 15.9 Å². The molecule has 0 saturated carbocycles. The molecule has 1 aromatic heterocycles.